The van der Waals surface area contributed by atoms with Gasteiger partial charge in [0, 0.05) is 46.1 Å². The van der Waals surface area contributed by atoms with E-state index in [1.807, 2.05) is 54.9 Å². The van der Waals surface area contributed by atoms with Crippen molar-refractivity contribution >= 4 is 23.2 Å². The van der Waals surface area contributed by atoms with Crippen molar-refractivity contribution in [3.8, 4) is 5.75 Å². The zero-order valence-corrected chi connectivity index (χ0v) is 17.1. The number of nitrogens with one attached hydrogen (secondary N) is 2. The number of ether oxygens (including phenoxy) is 1. The Kier molecular flexibility index (Phi) is 7.72. The van der Waals surface area contributed by atoms with Gasteiger partial charge in [-0.2, -0.15) is 0 Å². The van der Waals surface area contributed by atoms with Crippen molar-refractivity contribution in [1.82, 2.24) is 15.5 Å². The molecule has 28 heavy (non-hydrogen) atoms. The Balaban J connectivity index is 1.33. The second-order valence-electron chi connectivity index (χ2n) is 6.68. The summed E-state index contributed by atoms with van der Waals surface area (Å²) in [5.41, 5.74) is 0. The average molecular weight is 401 g/mol. The van der Waals surface area contributed by atoms with E-state index in [0.717, 1.165) is 55.5 Å². The van der Waals surface area contributed by atoms with Crippen LogP contribution >= 0.6 is 11.3 Å². The fourth-order valence-electron chi connectivity index (χ4n) is 3.19. The van der Waals surface area contributed by atoms with Crippen LogP contribution in [-0.2, 0) is 0 Å². The molecule has 2 aromatic rings. The molecule has 0 unspecified atom stereocenters. The Morgan fingerprint density at radius 2 is 1.89 bits per heavy atom. The molecule has 7 heteroatoms. The van der Waals surface area contributed by atoms with Gasteiger partial charge in [0.05, 0.1) is 4.88 Å². The van der Waals surface area contributed by atoms with Crippen LogP contribution in [0.4, 0.5) is 0 Å². The van der Waals surface area contributed by atoms with Crippen LogP contribution < -0.4 is 15.4 Å². The first-order valence-electron chi connectivity index (χ1n) is 9.75. The number of hydrogen-bond donors (Lipinski definition) is 2. The molecular weight excluding hydrogens is 372 g/mol. The third kappa shape index (κ3) is 5.99. The zero-order chi connectivity index (χ0) is 19.6. The number of rotatable bonds is 7. The molecule has 1 aliphatic rings. The lowest BCUT2D eigenvalue weighted by molar-refractivity contribution is 0.0957. The van der Waals surface area contributed by atoms with Crippen molar-refractivity contribution in [2.45, 2.75) is 25.4 Å². The molecule has 1 amide bonds. The summed E-state index contributed by atoms with van der Waals surface area (Å²) >= 11 is 1.46. The van der Waals surface area contributed by atoms with Gasteiger partial charge in [0.15, 0.2) is 5.96 Å². The number of para-hydroxylation sites is 1. The zero-order valence-electron chi connectivity index (χ0n) is 16.3. The number of piperidine rings is 1. The summed E-state index contributed by atoms with van der Waals surface area (Å²) in [7, 11) is 1.81. The highest BCUT2D eigenvalue weighted by molar-refractivity contribution is 7.12. The maximum absolute atomic E-state index is 11.9. The Hall–Kier alpha value is -2.54. The van der Waals surface area contributed by atoms with Gasteiger partial charge in [-0.1, -0.05) is 24.3 Å². The third-order valence-electron chi connectivity index (χ3n) is 4.67. The maximum Gasteiger partial charge on any atom is 0.261 e. The summed E-state index contributed by atoms with van der Waals surface area (Å²) in [6.45, 7) is 3.27. The van der Waals surface area contributed by atoms with Crippen molar-refractivity contribution in [3.05, 3.63) is 52.7 Å². The highest BCUT2D eigenvalue weighted by Gasteiger charge is 2.22. The number of hydrogen-bond acceptors (Lipinski definition) is 4. The summed E-state index contributed by atoms with van der Waals surface area (Å²) in [5.74, 6) is 1.86. The second-order valence-corrected chi connectivity index (χ2v) is 7.63. The van der Waals surface area contributed by atoms with Crippen molar-refractivity contribution in [3.63, 3.8) is 0 Å². The van der Waals surface area contributed by atoms with E-state index in [4.69, 9.17) is 4.74 Å². The van der Waals surface area contributed by atoms with Gasteiger partial charge in [-0.25, -0.2) is 0 Å². The molecule has 6 nitrogen and oxygen atoms in total. The monoisotopic (exact) mass is 400 g/mol. The molecule has 2 N–H and O–H groups in total. The average Bonchev–Trinajstić information content (AvgIpc) is 3.27. The first-order valence-corrected chi connectivity index (χ1v) is 10.6. The van der Waals surface area contributed by atoms with Gasteiger partial charge in [0.1, 0.15) is 11.9 Å². The lowest BCUT2D eigenvalue weighted by Crippen LogP contribution is -2.47. The fraction of sp³-hybridized carbons (Fsp3) is 0.429. The topological polar surface area (TPSA) is 66.0 Å². The summed E-state index contributed by atoms with van der Waals surface area (Å²) in [6.07, 6.45) is 3.06. The third-order valence-corrected chi connectivity index (χ3v) is 5.54. The highest BCUT2D eigenvalue weighted by Crippen LogP contribution is 2.18. The first-order chi connectivity index (χ1) is 13.8. The van der Waals surface area contributed by atoms with Gasteiger partial charge in [0.25, 0.3) is 5.91 Å². The number of nitrogens with zero attached hydrogens (tertiary/aromatic N) is 2. The van der Waals surface area contributed by atoms with E-state index in [1.165, 1.54) is 11.3 Å². The summed E-state index contributed by atoms with van der Waals surface area (Å²) in [6, 6.07) is 13.7. The van der Waals surface area contributed by atoms with E-state index in [9.17, 15) is 4.79 Å². The minimum absolute atomic E-state index is 0.000120. The predicted octanol–water partition coefficient (Wildman–Crippen LogP) is 2.99. The van der Waals surface area contributed by atoms with Crippen LogP contribution in [0.1, 0.15) is 28.9 Å². The predicted molar refractivity (Wildman–Crippen MR) is 114 cm³/mol. The molecule has 150 valence electrons. The standard InChI is InChI=1S/C21H28N4O2S/c1-22-21(24-13-6-12-23-20(26)19-9-5-16-28-19)25-14-10-18(11-15-25)27-17-7-3-2-4-8-17/h2-5,7-9,16,18H,6,10-15H2,1H3,(H,22,24)(H,23,26). The van der Waals surface area contributed by atoms with Crippen molar-refractivity contribution in [2.75, 3.05) is 33.2 Å². The van der Waals surface area contributed by atoms with Gasteiger partial charge < -0.3 is 20.3 Å². The van der Waals surface area contributed by atoms with E-state index in [-0.39, 0.29) is 12.0 Å². The lowest BCUT2D eigenvalue weighted by atomic mass is 10.1. The normalized spacial score (nSPS) is 15.3. The molecule has 0 radical (unpaired) electrons. The first kappa shape index (κ1) is 20.2. The van der Waals surface area contributed by atoms with Gasteiger partial charge in [-0.15, -0.1) is 11.3 Å². The number of likely N-dealkylation sites (tertiary alicyclic amines) is 1. The molecule has 0 bridgehead atoms. The number of thiophene rings is 1. The van der Waals surface area contributed by atoms with E-state index in [2.05, 4.69) is 20.5 Å². The van der Waals surface area contributed by atoms with Gasteiger partial charge in [-0.3, -0.25) is 9.79 Å². The number of benzene rings is 1. The molecule has 1 aromatic heterocycles. The van der Waals surface area contributed by atoms with Crippen LogP contribution in [-0.4, -0.2) is 56.1 Å². The van der Waals surface area contributed by atoms with Gasteiger partial charge in [0.2, 0.25) is 0 Å². The van der Waals surface area contributed by atoms with Crippen LogP contribution in [0.2, 0.25) is 0 Å². The molecule has 0 atom stereocenters. The van der Waals surface area contributed by atoms with Gasteiger partial charge >= 0.3 is 0 Å². The summed E-state index contributed by atoms with van der Waals surface area (Å²) in [4.78, 5) is 19.3. The Morgan fingerprint density at radius 1 is 1.14 bits per heavy atom. The van der Waals surface area contributed by atoms with Crippen LogP contribution in [0.25, 0.3) is 0 Å². The molecule has 1 aromatic carbocycles. The van der Waals surface area contributed by atoms with Crippen LogP contribution in [0.15, 0.2) is 52.8 Å². The smallest absolute Gasteiger partial charge is 0.261 e. The van der Waals surface area contributed by atoms with E-state index >= 15 is 0 Å². The number of amides is 1. The molecule has 0 saturated carbocycles. The van der Waals surface area contributed by atoms with Crippen LogP contribution in [0.5, 0.6) is 5.75 Å². The van der Waals surface area contributed by atoms with E-state index < -0.39 is 0 Å². The Bertz CT molecular complexity index is 741. The maximum atomic E-state index is 11.9. The Morgan fingerprint density at radius 3 is 2.57 bits per heavy atom. The summed E-state index contributed by atoms with van der Waals surface area (Å²) in [5, 5.41) is 8.26. The van der Waals surface area contributed by atoms with Gasteiger partial charge in [-0.05, 0) is 30.0 Å². The molecule has 1 fully saturated rings. The SMILES string of the molecule is CN=C(NCCCNC(=O)c1cccs1)N1CCC(Oc2ccccc2)CC1. The van der Waals surface area contributed by atoms with Crippen molar-refractivity contribution in [1.29, 1.82) is 0 Å². The van der Waals surface area contributed by atoms with E-state index in [0.29, 0.717) is 6.54 Å². The van der Waals surface area contributed by atoms with E-state index in [1.54, 1.807) is 0 Å². The molecular formula is C21H28N4O2S. The Labute approximate surface area is 170 Å². The largest absolute Gasteiger partial charge is 0.490 e. The second kappa shape index (κ2) is 10.7. The minimum Gasteiger partial charge on any atom is -0.490 e. The number of guanidine groups is 1. The molecule has 0 aliphatic carbocycles. The van der Waals surface area contributed by atoms with Crippen LogP contribution in [0.3, 0.4) is 0 Å². The molecule has 1 aliphatic heterocycles. The quantitative estimate of drug-likeness (QED) is 0.426. The molecule has 1 saturated heterocycles. The number of carbonyl (C=O) groups excluding carboxylic acids is 1. The minimum atomic E-state index is -0.000120. The fourth-order valence-corrected chi connectivity index (χ4v) is 3.83. The lowest BCUT2D eigenvalue weighted by Gasteiger charge is -2.34. The molecule has 2 heterocycles. The summed E-state index contributed by atoms with van der Waals surface area (Å²) < 4.78 is 6.06. The molecule has 3 rings (SSSR count). The van der Waals surface area contributed by atoms with Crippen molar-refractivity contribution < 1.29 is 9.53 Å². The van der Waals surface area contributed by atoms with Crippen molar-refractivity contribution in [2.24, 2.45) is 4.99 Å². The molecule has 0 spiro atoms. The van der Waals surface area contributed by atoms with Crippen LogP contribution in [0, 0.1) is 0 Å². The highest BCUT2D eigenvalue weighted by atomic mass is 32.1. The number of carbonyl (C=O) groups is 1. The number of aliphatic imine (C=N–C) groups is 1.